The Morgan fingerprint density at radius 1 is 1.32 bits per heavy atom. The molecule has 1 N–H and O–H groups in total. The van der Waals surface area contributed by atoms with Crippen molar-refractivity contribution in [1.29, 1.82) is 0 Å². The van der Waals surface area contributed by atoms with Crippen LogP contribution in [0.5, 0.6) is 0 Å². The predicted molar refractivity (Wildman–Crippen MR) is 71.7 cm³/mol. The molecule has 19 heavy (non-hydrogen) atoms. The molecule has 2 fully saturated rings. The number of hydrogen-bond donors (Lipinski definition) is 1. The first-order valence-corrected chi connectivity index (χ1v) is 7.08. The Morgan fingerprint density at radius 3 is 2.47 bits per heavy atom. The van der Waals surface area contributed by atoms with Crippen LogP contribution in [-0.2, 0) is 9.53 Å². The van der Waals surface area contributed by atoms with Gasteiger partial charge < -0.3 is 10.1 Å². The molecule has 0 unspecified atom stereocenters. The van der Waals surface area contributed by atoms with Crippen molar-refractivity contribution >= 4 is 12.0 Å². The van der Waals surface area contributed by atoms with Crippen molar-refractivity contribution in [1.82, 2.24) is 10.2 Å². The Hall–Kier alpha value is -1.26. The van der Waals surface area contributed by atoms with Gasteiger partial charge in [0.25, 0.3) is 0 Å². The molecule has 1 heterocycles. The van der Waals surface area contributed by atoms with Crippen molar-refractivity contribution in [2.45, 2.75) is 64.6 Å². The summed E-state index contributed by atoms with van der Waals surface area (Å²) in [7, 11) is 0. The fourth-order valence-corrected chi connectivity index (χ4v) is 2.38. The number of ether oxygens (including phenoxy) is 1. The molecule has 3 atom stereocenters. The molecule has 5 nitrogen and oxygen atoms in total. The van der Waals surface area contributed by atoms with E-state index < -0.39 is 5.60 Å². The second-order valence-electron chi connectivity index (χ2n) is 6.66. The van der Waals surface area contributed by atoms with Gasteiger partial charge in [-0.2, -0.15) is 0 Å². The van der Waals surface area contributed by atoms with Crippen LogP contribution >= 0.6 is 0 Å². The third kappa shape index (κ3) is 3.61. The molecule has 1 aliphatic carbocycles. The number of carbonyl (C=O) groups excluding carboxylic acids is 2. The Balaban J connectivity index is 1.92. The molecule has 0 spiro atoms. The number of nitrogens with zero attached hydrogens (tertiary/aromatic N) is 1. The van der Waals surface area contributed by atoms with Gasteiger partial charge in [-0.3, -0.25) is 9.69 Å². The quantitative estimate of drug-likeness (QED) is 0.832. The lowest BCUT2D eigenvalue weighted by Crippen LogP contribution is -2.48. The summed E-state index contributed by atoms with van der Waals surface area (Å²) in [5.41, 5.74) is -0.522. The largest absolute Gasteiger partial charge is 0.444 e. The average Bonchev–Trinajstić information content (AvgIpc) is 2.81. The van der Waals surface area contributed by atoms with Gasteiger partial charge in [-0.1, -0.05) is 6.92 Å². The Labute approximate surface area is 114 Å². The normalized spacial score (nSPS) is 30.1. The zero-order chi connectivity index (χ0) is 14.2. The van der Waals surface area contributed by atoms with Gasteiger partial charge in [0.15, 0.2) is 0 Å². The molecular formula is C14H24N2O3. The van der Waals surface area contributed by atoms with Gasteiger partial charge >= 0.3 is 6.09 Å². The summed E-state index contributed by atoms with van der Waals surface area (Å²) >= 11 is 0. The SMILES string of the molecule is C[C@@H]1C[C@H]1NC(=O)[C@@H]1CCCN1C(=O)OC(C)(C)C. The van der Waals surface area contributed by atoms with Crippen LogP contribution in [0, 0.1) is 5.92 Å². The molecule has 0 aromatic heterocycles. The summed E-state index contributed by atoms with van der Waals surface area (Å²) in [6.07, 6.45) is 2.25. The van der Waals surface area contributed by atoms with Crippen LogP contribution in [0.2, 0.25) is 0 Å². The summed E-state index contributed by atoms with van der Waals surface area (Å²) in [6.45, 7) is 8.23. The summed E-state index contributed by atoms with van der Waals surface area (Å²) in [6, 6.07) is -0.0590. The monoisotopic (exact) mass is 268 g/mol. The molecule has 0 aromatic carbocycles. The lowest BCUT2D eigenvalue weighted by Gasteiger charge is -2.28. The second-order valence-corrected chi connectivity index (χ2v) is 6.66. The number of hydrogen-bond acceptors (Lipinski definition) is 3. The van der Waals surface area contributed by atoms with Crippen LogP contribution in [0.1, 0.15) is 47.0 Å². The lowest BCUT2D eigenvalue weighted by atomic mass is 10.2. The second kappa shape index (κ2) is 5.02. The summed E-state index contributed by atoms with van der Waals surface area (Å²) in [5, 5.41) is 3.00. The first-order valence-electron chi connectivity index (χ1n) is 7.08. The van der Waals surface area contributed by atoms with E-state index in [9.17, 15) is 9.59 Å². The van der Waals surface area contributed by atoms with Gasteiger partial charge in [-0.05, 0) is 46.0 Å². The highest BCUT2D eigenvalue weighted by Crippen LogP contribution is 2.30. The third-order valence-corrected chi connectivity index (χ3v) is 3.62. The minimum Gasteiger partial charge on any atom is -0.444 e. The molecule has 108 valence electrons. The van der Waals surface area contributed by atoms with E-state index in [-0.39, 0.29) is 18.0 Å². The van der Waals surface area contributed by atoms with Gasteiger partial charge in [0.2, 0.25) is 5.91 Å². The maximum absolute atomic E-state index is 12.2. The van der Waals surface area contributed by atoms with Crippen LogP contribution in [0.4, 0.5) is 4.79 Å². The number of likely N-dealkylation sites (tertiary alicyclic amines) is 1. The first-order chi connectivity index (χ1) is 8.78. The third-order valence-electron chi connectivity index (χ3n) is 3.62. The van der Waals surface area contributed by atoms with Crippen molar-refractivity contribution < 1.29 is 14.3 Å². The molecule has 5 heteroatoms. The van der Waals surface area contributed by atoms with Crippen LogP contribution in [0.3, 0.4) is 0 Å². The van der Waals surface area contributed by atoms with E-state index >= 15 is 0 Å². The Bertz CT molecular complexity index is 375. The highest BCUT2D eigenvalue weighted by Gasteiger charge is 2.40. The minimum atomic E-state index is -0.522. The molecule has 0 bridgehead atoms. The topological polar surface area (TPSA) is 58.6 Å². The van der Waals surface area contributed by atoms with Crippen molar-refractivity contribution in [3.63, 3.8) is 0 Å². The highest BCUT2D eigenvalue weighted by molar-refractivity contribution is 5.86. The zero-order valence-electron chi connectivity index (χ0n) is 12.2. The van der Waals surface area contributed by atoms with Crippen molar-refractivity contribution in [2.75, 3.05) is 6.54 Å². The van der Waals surface area contributed by atoms with E-state index in [4.69, 9.17) is 4.74 Å². The van der Waals surface area contributed by atoms with Crippen molar-refractivity contribution in [2.24, 2.45) is 5.92 Å². The van der Waals surface area contributed by atoms with Crippen LogP contribution < -0.4 is 5.32 Å². The fourth-order valence-electron chi connectivity index (χ4n) is 2.38. The van der Waals surface area contributed by atoms with Crippen molar-refractivity contribution in [3.05, 3.63) is 0 Å². The number of amides is 2. The number of nitrogens with one attached hydrogen (secondary N) is 1. The number of carbonyl (C=O) groups is 2. The van der Waals surface area contributed by atoms with E-state index in [1.54, 1.807) is 4.90 Å². The highest BCUT2D eigenvalue weighted by atomic mass is 16.6. The molecule has 2 aliphatic rings. The van der Waals surface area contributed by atoms with Crippen molar-refractivity contribution in [3.8, 4) is 0 Å². The standard InChI is InChI=1S/C14H24N2O3/c1-9-8-10(9)15-12(17)11-6-5-7-16(11)13(18)19-14(2,3)4/h9-11H,5-8H2,1-4H3,(H,15,17)/t9-,10-,11+/m1/s1. The zero-order valence-corrected chi connectivity index (χ0v) is 12.2. The van der Waals surface area contributed by atoms with Gasteiger partial charge in [-0.15, -0.1) is 0 Å². The smallest absolute Gasteiger partial charge is 0.410 e. The molecule has 1 saturated heterocycles. The molecule has 2 amide bonds. The van der Waals surface area contributed by atoms with E-state index in [1.165, 1.54) is 0 Å². The van der Waals surface area contributed by atoms with E-state index in [0.29, 0.717) is 18.5 Å². The Kier molecular flexibility index (Phi) is 3.74. The summed E-state index contributed by atoms with van der Waals surface area (Å²) in [4.78, 5) is 25.8. The van der Waals surface area contributed by atoms with E-state index in [0.717, 1.165) is 19.3 Å². The lowest BCUT2D eigenvalue weighted by molar-refractivity contribution is -0.125. The molecule has 1 aliphatic heterocycles. The summed E-state index contributed by atoms with van der Waals surface area (Å²) < 4.78 is 5.35. The van der Waals surface area contributed by atoms with Crippen LogP contribution in [0.25, 0.3) is 0 Å². The average molecular weight is 268 g/mol. The fraction of sp³-hybridized carbons (Fsp3) is 0.857. The van der Waals surface area contributed by atoms with Crippen LogP contribution in [-0.4, -0.2) is 41.1 Å². The van der Waals surface area contributed by atoms with Gasteiger partial charge in [0.1, 0.15) is 11.6 Å². The van der Waals surface area contributed by atoms with E-state index in [2.05, 4.69) is 12.2 Å². The summed E-state index contributed by atoms with van der Waals surface area (Å²) in [5.74, 6) is 0.540. The molecule has 0 aromatic rings. The number of rotatable bonds is 2. The molecule has 2 rings (SSSR count). The maximum atomic E-state index is 12.2. The molecule has 1 saturated carbocycles. The minimum absolute atomic E-state index is 0.0299. The van der Waals surface area contributed by atoms with Gasteiger partial charge in [0.05, 0.1) is 0 Å². The molecular weight excluding hydrogens is 244 g/mol. The molecule has 0 radical (unpaired) electrons. The van der Waals surface area contributed by atoms with Gasteiger partial charge in [-0.25, -0.2) is 4.79 Å². The van der Waals surface area contributed by atoms with Crippen LogP contribution in [0.15, 0.2) is 0 Å². The predicted octanol–water partition coefficient (Wildman–Crippen LogP) is 1.91. The Morgan fingerprint density at radius 2 is 1.95 bits per heavy atom. The first kappa shape index (κ1) is 14.2. The van der Waals surface area contributed by atoms with Gasteiger partial charge in [0, 0.05) is 12.6 Å². The maximum Gasteiger partial charge on any atom is 0.410 e. The van der Waals surface area contributed by atoms with E-state index in [1.807, 2.05) is 20.8 Å².